The van der Waals surface area contributed by atoms with Gasteiger partial charge in [0.15, 0.2) is 0 Å². The normalized spacial score (nSPS) is 11.5. The third kappa shape index (κ3) is 5.89. The Morgan fingerprint density at radius 1 is 1.59 bits per heavy atom. The van der Waals surface area contributed by atoms with Crippen molar-refractivity contribution in [2.75, 3.05) is 13.2 Å². The van der Waals surface area contributed by atoms with Crippen LogP contribution < -0.4 is 5.32 Å². The molecule has 4 nitrogen and oxygen atoms in total. The molecule has 17 heavy (non-hydrogen) atoms. The molecule has 0 aromatic carbocycles. The number of halogens is 1. The number of hydrogen-bond acceptors (Lipinski definition) is 3. The molecule has 0 saturated carbocycles. The Labute approximate surface area is 110 Å². The molecule has 0 unspecified atom stereocenters. The van der Waals surface area contributed by atoms with Gasteiger partial charge in [0.1, 0.15) is 12.4 Å². The van der Waals surface area contributed by atoms with Crippen LogP contribution in [0.3, 0.4) is 0 Å². The van der Waals surface area contributed by atoms with Crippen LogP contribution in [-0.4, -0.2) is 23.4 Å². The molecule has 0 aliphatic rings. The van der Waals surface area contributed by atoms with Crippen LogP contribution in [0.1, 0.15) is 26.0 Å². The first kappa shape index (κ1) is 14.3. The molecule has 0 spiro atoms. The van der Waals surface area contributed by atoms with Crippen LogP contribution in [0.25, 0.3) is 0 Å². The maximum Gasteiger partial charge on any atom is 0.236 e. The van der Waals surface area contributed by atoms with E-state index in [-0.39, 0.29) is 5.91 Å². The molecule has 0 bridgehead atoms. The molecule has 0 aliphatic carbocycles. The van der Waals surface area contributed by atoms with Gasteiger partial charge in [-0.3, -0.25) is 4.79 Å². The van der Waals surface area contributed by atoms with E-state index in [9.17, 15) is 4.79 Å². The van der Waals surface area contributed by atoms with Crippen LogP contribution in [-0.2, 0) is 16.1 Å². The number of nitrogens with one attached hydrogen (secondary N) is 1. The molecule has 5 heteroatoms. The third-order valence-corrected chi connectivity index (χ3v) is 2.48. The van der Waals surface area contributed by atoms with E-state index in [2.05, 4.69) is 21.2 Å². The van der Waals surface area contributed by atoms with Gasteiger partial charge in [0, 0.05) is 13.2 Å². The zero-order valence-corrected chi connectivity index (χ0v) is 11.7. The van der Waals surface area contributed by atoms with Crippen molar-refractivity contribution in [1.29, 1.82) is 0 Å². The van der Waals surface area contributed by atoms with E-state index in [1.807, 2.05) is 26.0 Å². The SMILES string of the molecule is CC(C)(Br)C(=O)NCCCOCc1ccco1. The summed E-state index contributed by atoms with van der Waals surface area (Å²) in [7, 11) is 0. The summed E-state index contributed by atoms with van der Waals surface area (Å²) < 4.78 is 10.00. The average molecular weight is 304 g/mol. The zero-order chi connectivity index (χ0) is 12.7. The number of alkyl halides is 1. The highest BCUT2D eigenvalue weighted by atomic mass is 79.9. The van der Waals surface area contributed by atoms with Gasteiger partial charge in [-0.25, -0.2) is 0 Å². The molecule has 1 N–H and O–H groups in total. The first-order valence-corrected chi connectivity index (χ1v) is 6.37. The highest BCUT2D eigenvalue weighted by Crippen LogP contribution is 2.14. The molecule has 0 radical (unpaired) electrons. The quantitative estimate of drug-likeness (QED) is 0.622. The fraction of sp³-hybridized carbons (Fsp3) is 0.583. The van der Waals surface area contributed by atoms with Crippen molar-refractivity contribution in [3.63, 3.8) is 0 Å². The number of carbonyl (C=O) groups excluding carboxylic acids is 1. The monoisotopic (exact) mass is 303 g/mol. The van der Waals surface area contributed by atoms with Gasteiger partial charge in [0.25, 0.3) is 0 Å². The maximum atomic E-state index is 11.5. The van der Waals surface area contributed by atoms with Gasteiger partial charge in [-0.1, -0.05) is 15.9 Å². The summed E-state index contributed by atoms with van der Waals surface area (Å²) in [6.07, 6.45) is 2.41. The molecule has 0 atom stereocenters. The molecular weight excluding hydrogens is 286 g/mol. The summed E-state index contributed by atoms with van der Waals surface area (Å²) in [5.74, 6) is 0.805. The fourth-order valence-corrected chi connectivity index (χ4v) is 1.29. The van der Waals surface area contributed by atoms with E-state index in [4.69, 9.17) is 9.15 Å². The Balaban J connectivity index is 2.00. The van der Waals surface area contributed by atoms with Gasteiger partial charge in [-0.2, -0.15) is 0 Å². The summed E-state index contributed by atoms with van der Waals surface area (Å²) in [5, 5.41) is 2.83. The molecule has 1 heterocycles. The maximum absolute atomic E-state index is 11.5. The lowest BCUT2D eigenvalue weighted by Gasteiger charge is -2.15. The molecule has 0 fully saturated rings. The van der Waals surface area contributed by atoms with Gasteiger partial charge in [0.05, 0.1) is 10.6 Å². The molecule has 1 aromatic rings. The molecule has 1 amide bonds. The highest BCUT2D eigenvalue weighted by molar-refractivity contribution is 9.10. The number of hydrogen-bond donors (Lipinski definition) is 1. The lowest BCUT2D eigenvalue weighted by molar-refractivity contribution is -0.122. The summed E-state index contributed by atoms with van der Waals surface area (Å²) in [4.78, 5) is 11.5. The standard InChI is InChI=1S/C12H18BrNO3/c1-12(2,13)11(15)14-6-4-7-16-9-10-5-3-8-17-10/h3,5,8H,4,6-7,9H2,1-2H3,(H,14,15). The van der Waals surface area contributed by atoms with Crippen LogP contribution >= 0.6 is 15.9 Å². The van der Waals surface area contributed by atoms with E-state index in [1.54, 1.807) is 6.26 Å². The Bertz CT molecular complexity index is 330. The molecule has 0 aliphatic heterocycles. The predicted octanol–water partition coefficient (Wildman–Crippen LogP) is 2.48. The fourth-order valence-electron chi connectivity index (χ4n) is 1.15. The van der Waals surface area contributed by atoms with Gasteiger partial charge in [-0.15, -0.1) is 0 Å². The Morgan fingerprint density at radius 3 is 2.94 bits per heavy atom. The first-order chi connectivity index (χ1) is 8.00. The van der Waals surface area contributed by atoms with E-state index >= 15 is 0 Å². The number of carbonyl (C=O) groups is 1. The molecule has 1 aromatic heterocycles. The second-order valence-electron chi connectivity index (χ2n) is 4.21. The summed E-state index contributed by atoms with van der Waals surface area (Å²) in [6.45, 7) is 5.33. The average Bonchev–Trinajstić information content (AvgIpc) is 2.74. The van der Waals surface area contributed by atoms with Crippen LogP contribution in [0.4, 0.5) is 0 Å². The minimum atomic E-state index is -0.512. The van der Waals surface area contributed by atoms with E-state index in [1.165, 1.54) is 0 Å². The van der Waals surface area contributed by atoms with Crippen LogP contribution in [0, 0.1) is 0 Å². The minimum Gasteiger partial charge on any atom is -0.467 e. The van der Waals surface area contributed by atoms with Crippen molar-refractivity contribution in [3.05, 3.63) is 24.2 Å². The zero-order valence-electron chi connectivity index (χ0n) is 10.2. The van der Waals surface area contributed by atoms with Crippen molar-refractivity contribution < 1.29 is 13.9 Å². The smallest absolute Gasteiger partial charge is 0.236 e. The van der Waals surface area contributed by atoms with Crippen molar-refractivity contribution in [2.45, 2.75) is 31.2 Å². The van der Waals surface area contributed by atoms with Crippen LogP contribution in [0.5, 0.6) is 0 Å². The second kappa shape index (κ2) is 6.81. The van der Waals surface area contributed by atoms with Crippen LogP contribution in [0.15, 0.2) is 22.8 Å². The van der Waals surface area contributed by atoms with Gasteiger partial charge in [0.2, 0.25) is 5.91 Å². The first-order valence-electron chi connectivity index (χ1n) is 5.57. The topological polar surface area (TPSA) is 51.5 Å². The predicted molar refractivity (Wildman–Crippen MR) is 69.0 cm³/mol. The van der Waals surface area contributed by atoms with Gasteiger partial charge in [-0.05, 0) is 32.4 Å². The Morgan fingerprint density at radius 2 is 2.35 bits per heavy atom. The molecule has 1 rings (SSSR count). The number of rotatable bonds is 7. The van der Waals surface area contributed by atoms with Crippen molar-refractivity contribution in [1.82, 2.24) is 5.32 Å². The van der Waals surface area contributed by atoms with Crippen molar-refractivity contribution in [3.8, 4) is 0 Å². The number of ether oxygens (including phenoxy) is 1. The summed E-state index contributed by atoms with van der Waals surface area (Å²) >= 11 is 3.30. The third-order valence-electron chi connectivity index (χ3n) is 2.12. The van der Waals surface area contributed by atoms with E-state index < -0.39 is 4.32 Å². The van der Waals surface area contributed by atoms with E-state index in [0.29, 0.717) is 19.8 Å². The van der Waals surface area contributed by atoms with Gasteiger partial charge < -0.3 is 14.5 Å². The lowest BCUT2D eigenvalue weighted by Crippen LogP contribution is -2.38. The molecule has 96 valence electrons. The second-order valence-corrected chi connectivity index (χ2v) is 6.20. The Kier molecular flexibility index (Phi) is 5.71. The van der Waals surface area contributed by atoms with Crippen molar-refractivity contribution in [2.24, 2.45) is 0 Å². The van der Waals surface area contributed by atoms with Gasteiger partial charge >= 0.3 is 0 Å². The van der Waals surface area contributed by atoms with Crippen LogP contribution in [0.2, 0.25) is 0 Å². The minimum absolute atomic E-state index is 0.0106. The van der Waals surface area contributed by atoms with E-state index in [0.717, 1.165) is 12.2 Å². The summed E-state index contributed by atoms with van der Waals surface area (Å²) in [5.41, 5.74) is 0. The highest BCUT2D eigenvalue weighted by Gasteiger charge is 2.22. The summed E-state index contributed by atoms with van der Waals surface area (Å²) in [6, 6.07) is 3.70. The number of amides is 1. The Hall–Kier alpha value is -0.810. The number of furan rings is 1. The molecular formula is C12H18BrNO3. The molecule has 0 saturated heterocycles. The van der Waals surface area contributed by atoms with Crippen molar-refractivity contribution >= 4 is 21.8 Å². The largest absolute Gasteiger partial charge is 0.467 e. The lowest BCUT2D eigenvalue weighted by atomic mass is 10.2.